The van der Waals surface area contributed by atoms with Gasteiger partial charge in [0.25, 0.3) is 0 Å². The number of aryl methyl sites for hydroxylation is 1. The molecular formula is C12H8BrCl3S. The van der Waals surface area contributed by atoms with Crippen LogP contribution in [0.2, 0.25) is 9.36 Å². The molecule has 90 valence electrons. The Labute approximate surface area is 128 Å². The predicted molar refractivity (Wildman–Crippen MR) is 80.9 cm³/mol. The SMILES string of the molecule is Cc1cc(C(Cl)c2ccc(Cl)c(Br)c2)sc1Cl. The van der Waals surface area contributed by atoms with Crippen LogP contribution in [-0.4, -0.2) is 0 Å². The van der Waals surface area contributed by atoms with E-state index in [9.17, 15) is 0 Å². The Morgan fingerprint density at radius 1 is 1.24 bits per heavy atom. The van der Waals surface area contributed by atoms with Crippen LogP contribution in [0.5, 0.6) is 0 Å². The lowest BCUT2D eigenvalue weighted by Gasteiger charge is -2.08. The Morgan fingerprint density at radius 3 is 2.47 bits per heavy atom. The molecule has 0 spiro atoms. The third-order valence-electron chi connectivity index (χ3n) is 2.36. The van der Waals surface area contributed by atoms with Crippen LogP contribution in [-0.2, 0) is 0 Å². The van der Waals surface area contributed by atoms with E-state index in [0.29, 0.717) is 5.02 Å². The van der Waals surface area contributed by atoms with E-state index in [1.807, 2.05) is 31.2 Å². The van der Waals surface area contributed by atoms with Gasteiger partial charge in [-0.3, -0.25) is 0 Å². The zero-order valence-electron chi connectivity index (χ0n) is 8.81. The third kappa shape index (κ3) is 2.99. The van der Waals surface area contributed by atoms with Gasteiger partial charge in [-0.25, -0.2) is 0 Å². The molecule has 0 saturated heterocycles. The van der Waals surface area contributed by atoms with Gasteiger partial charge in [0.2, 0.25) is 0 Å². The topological polar surface area (TPSA) is 0 Å². The van der Waals surface area contributed by atoms with Crippen molar-refractivity contribution in [3.63, 3.8) is 0 Å². The molecule has 0 N–H and O–H groups in total. The van der Waals surface area contributed by atoms with E-state index in [2.05, 4.69) is 15.9 Å². The highest BCUT2D eigenvalue weighted by Gasteiger charge is 2.15. The van der Waals surface area contributed by atoms with Crippen LogP contribution in [0.3, 0.4) is 0 Å². The minimum Gasteiger partial charge on any atom is -0.126 e. The summed E-state index contributed by atoms with van der Waals surface area (Å²) in [5, 5.41) is 0.484. The zero-order chi connectivity index (χ0) is 12.6. The maximum atomic E-state index is 6.43. The van der Waals surface area contributed by atoms with E-state index in [4.69, 9.17) is 34.8 Å². The van der Waals surface area contributed by atoms with Crippen LogP contribution in [0.25, 0.3) is 0 Å². The van der Waals surface area contributed by atoms with E-state index in [-0.39, 0.29) is 5.38 Å². The smallest absolute Gasteiger partial charge is 0.0960 e. The first kappa shape index (κ1) is 13.7. The molecule has 2 aromatic rings. The summed E-state index contributed by atoms with van der Waals surface area (Å²) in [6, 6.07) is 7.71. The highest BCUT2D eigenvalue weighted by atomic mass is 79.9. The van der Waals surface area contributed by atoms with Crippen LogP contribution in [0.15, 0.2) is 28.7 Å². The zero-order valence-corrected chi connectivity index (χ0v) is 13.5. The Morgan fingerprint density at radius 2 is 1.94 bits per heavy atom. The number of benzene rings is 1. The first-order chi connectivity index (χ1) is 7.99. The van der Waals surface area contributed by atoms with Gasteiger partial charge >= 0.3 is 0 Å². The molecule has 0 amide bonds. The fourth-order valence-corrected chi connectivity index (χ4v) is 3.51. The van der Waals surface area contributed by atoms with Gasteiger partial charge < -0.3 is 0 Å². The van der Waals surface area contributed by atoms with Crippen molar-refractivity contribution in [2.45, 2.75) is 12.3 Å². The average molecular weight is 371 g/mol. The van der Waals surface area contributed by atoms with Gasteiger partial charge in [0.05, 0.1) is 14.7 Å². The molecule has 0 aliphatic carbocycles. The Hall–Kier alpha value is 0.270. The summed E-state index contributed by atoms with van der Waals surface area (Å²) >= 11 is 23.3. The van der Waals surface area contributed by atoms with E-state index >= 15 is 0 Å². The number of thiophene rings is 1. The third-order valence-corrected chi connectivity index (χ3v) is 5.81. The van der Waals surface area contributed by atoms with Crippen molar-refractivity contribution in [2.24, 2.45) is 0 Å². The Balaban J connectivity index is 2.36. The minimum absolute atomic E-state index is 0.195. The molecule has 0 aliphatic rings. The summed E-state index contributed by atoms with van der Waals surface area (Å²) < 4.78 is 1.64. The van der Waals surface area contributed by atoms with E-state index < -0.39 is 0 Å². The van der Waals surface area contributed by atoms with Crippen LogP contribution >= 0.6 is 62.1 Å². The van der Waals surface area contributed by atoms with Gasteiger partial charge in [0, 0.05) is 9.35 Å². The van der Waals surface area contributed by atoms with Gasteiger partial charge in [-0.1, -0.05) is 29.3 Å². The molecule has 1 aromatic heterocycles. The molecule has 0 saturated carbocycles. The molecule has 2 rings (SSSR count). The van der Waals surface area contributed by atoms with Crippen molar-refractivity contribution in [3.8, 4) is 0 Å². The number of alkyl halides is 1. The largest absolute Gasteiger partial charge is 0.126 e. The summed E-state index contributed by atoms with van der Waals surface area (Å²) in [6.07, 6.45) is 0. The summed E-state index contributed by atoms with van der Waals surface area (Å²) in [6.45, 7) is 1.98. The van der Waals surface area contributed by atoms with Crippen molar-refractivity contribution in [1.82, 2.24) is 0 Å². The summed E-state index contributed by atoms with van der Waals surface area (Å²) in [5.74, 6) is 0. The fourth-order valence-electron chi connectivity index (χ4n) is 1.44. The molecule has 0 bridgehead atoms. The van der Waals surface area contributed by atoms with Crippen molar-refractivity contribution in [2.75, 3.05) is 0 Å². The molecule has 0 radical (unpaired) electrons. The van der Waals surface area contributed by atoms with Crippen LogP contribution in [0.4, 0.5) is 0 Å². The maximum Gasteiger partial charge on any atom is 0.0960 e. The van der Waals surface area contributed by atoms with Gasteiger partial charge in [-0.2, -0.15) is 0 Å². The Kier molecular flexibility index (Phi) is 4.43. The molecule has 1 aromatic carbocycles. The van der Waals surface area contributed by atoms with Crippen LogP contribution < -0.4 is 0 Å². The van der Waals surface area contributed by atoms with E-state index in [1.54, 1.807) is 0 Å². The average Bonchev–Trinajstić information content (AvgIpc) is 2.62. The highest BCUT2D eigenvalue weighted by Crippen LogP contribution is 2.39. The number of hydrogen-bond donors (Lipinski definition) is 0. The summed E-state index contributed by atoms with van der Waals surface area (Å²) in [4.78, 5) is 1.04. The maximum absolute atomic E-state index is 6.43. The molecule has 1 unspecified atom stereocenters. The highest BCUT2D eigenvalue weighted by molar-refractivity contribution is 9.10. The van der Waals surface area contributed by atoms with E-state index in [1.165, 1.54) is 11.3 Å². The standard InChI is InChI=1S/C12H8BrCl3S/c1-6-4-10(17-12(6)16)11(15)7-2-3-9(14)8(13)5-7/h2-5,11H,1H3. The number of hydrogen-bond acceptors (Lipinski definition) is 1. The second-order valence-electron chi connectivity index (χ2n) is 3.64. The van der Waals surface area contributed by atoms with Gasteiger partial charge in [0.15, 0.2) is 0 Å². The molecule has 17 heavy (non-hydrogen) atoms. The van der Waals surface area contributed by atoms with E-state index in [0.717, 1.165) is 24.8 Å². The lowest BCUT2D eigenvalue weighted by atomic mass is 10.1. The second-order valence-corrected chi connectivity index (χ2v) is 7.03. The quantitative estimate of drug-likeness (QED) is 0.533. The normalized spacial score (nSPS) is 12.8. The number of rotatable bonds is 2. The van der Waals surface area contributed by atoms with Crippen LogP contribution in [0.1, 0.15) is 21.4 Å². The monoisotopic (exact) mass is 368 g/mol. The molecule has 1 atom stereocenters. The molecule has 5 heteroatoms. The molecule has 0 fully saturated rings. The predicted octanol–water partition coefficient (Wildman–Crippen LogP) is 6.45. The lowest BCUT2D eigenvalue weighted by Crippen LogP contribution is -1.90. The number of halogens is 4. The van der Waals surface area contributed by atoms with Gasteiger partial charge in [-0.15, -0.1) is 22.9 Å². The summed E-state index contributed by atoms with van der Waals surface area (Å²) in [7, 11) is 0. The van der Waals surface area contributed by atoms with Gasteiger partial charge in [0.1, 0.15) is 0 Å². The first-order valence-corrected chi connectivity index (χ1v) is 7.64. The molecular weight excluding hydrogens is 362 g/mol. The molecule has 0 nitrogen and oxygen atoms in total. The lowest BCUT2D eigenvalue weighted by molar-refractivity contribution is 1.18. The Bertz CT molecular complexity index is 531. The first-order valence-electron chi connectivity index (χ1n) is 4.84. The van der Waals surface area contributed by atoms with Crippen molar-refractivity contribution >= 4 is 62.1 Å². The van der Waals surface area contributed by atoms with Crippen molar-refractivity contribution in [3.05, 3.63) is 54.1 Å². The second kappa shape index (κ2) is 5.50. The van der Waals surface area contributed by atoms with Crippen molar-refractivity contribution in [1.29, 1.82) is 0 Å². The van der Waals surface area contributed by atoms with Crippen LogP contribution in [0, 0.1) is 6.92 Å². The van der Waals surface area contributed by atoms with Crippen molar-refractivity contribution < 1.29 is 0 Å². The summed E-state index contributed by atoms with van der Waals surface area (Å²) in [5.41, 5.74) is 2.06. The minimum atomic E-state index is -0.195. The van der Waals surface area contributed by atoms with Gasteiger partial charge in [-0.05, 0) is 52.2 Å². The molecule has 0 aliphatic heterocycles. The fraction of sp³-hybridized carbons (Fsp3) is 0.167. The molecule has 1 heterocycles.